The van der Waals surface area contributed by atoms with Crippen molar-refractivity contribution in [1.29, 1.82) is 0 Å². The average molecular weight is 223 g/mol. The van der Waals surface area contributed by atoms with Crippen molar-refractivity contribution in [3.63, 3.8) is 0 Å². The van der Waals surface area contributed by atoms with Crippen LogP contribution in [0, 0.1) is 11.8 Å². The second-order valence-electron chi connectivity index (χ2n) is 3.53. The van der Waals surface area contributed by atoms with Crippen molar-refractivity contribution in [1.82, 2.24) is 0 Å². The van der Waals surface area contributed by atoms with Gasteiger partial charge in [0.25, 0.3) is 0 Å². The summed E-state index contributed by atoms with van der Waals surface area (Å²) in [5, 5.41) is 11.9. The third kappa shape index (κ3) is 3.37. The molecule has 0 aliphatic heterocycles. The van der Waals surface area contributed by atoms with E-state index in [9.17, 15) is 0 Å². The zero-order valence-electron chi connectivity index (χ0n) is 9.35. The van der Waals surface area contributed by atoms with Crippen LogP contribution in [-0.2, 0) is 0 Å². The second kappa shape index (κ2) is 5.74. The molecule has 84 valence electrons. The lowest BCUT2D eigenvalue weighted by Crippen LogP contribution is -1.89. The largest absolute Gasteiger partial charge is 0.384 e. The highest BCUT2D eigenvalue weighted by molar-refractivity contribution is 5.60. The van der Waals surface area contributed by atoms with Gasteiger partial charge in [-0.05, 0) is 36.4 Å². The molecule has 0 aromatic heterocycles. The first-order chi connectivity index (χ1) is 8.38. The molecule has 0 fully saturated rings. The van der Waals surface area contributed by atoms with Gasteiger partial charge in [-0.1, -0.05) is 30.0 Å². The lowest BCUT2D eigenvalue weighted by atomic mass is 10.2. The summed E-state index contributed by atoms with van der Waals surface area (Å²) in [6, 6.07) is 17.8. The van der Waals surface area contributed by atoms with E-state index in [0.717, 1.165) is 16.9 Å². The molecule has 0 saturated carbocycles. The van der Waals surface area contributed by atoms with Gasteiger partial charge in [0.1, 0.15) is 6.61 Å². The molecular formula is C15H13NO. The summed E-state index contributed by atoms with van der Waals surface area (Å²) in [4.78, 5) is 0. The number of hydrogen-bond donors (Lipinski definition) is 2. The van der Waals surface area contributed by atoms with Crippen molar-refractivity contribution in [2.45, 2.75) is 0 Å². The summed E-state index contributed by atoms with van der Waals surface area (Å²) in [5.74, 6) is 5.48. The Bertz CT molecular complexity index is 520. The zero-order valence-corrected chi connectivity index (χ0v) is 9.35. The number of aliphatic hydroxyl groups is 1. The number of hydrogen-bond acceptors (Lipinski definition) is 2. The monoisotopic (exact) mass is 223 g/mol. The molecular weight excluding hydrogens is 210 g/mol. The smallest absolute Gasteiger partial charge is 0.104 e. The molecule has 2 heteroatoms. The van der Waals surface area contributed by atoms with Gasteiger partial charge < -0.3 is 10.4 Å². The van der Waals surface area contributed by atoms with Crippen molar-refractivity contribution in [2.75, 3.05) is 11.9 Å². The van der Waals surface area contributed by atoms with Crippen LogP contribution in [0.5, 0.6) is 0 Å². The third-order valence-corrected chi connectivity index (χ3v) is 2.26. The Labute approximate surface area is 101 Å². The van der Waals surface area contributed by atoms with E-state index in [1.807, 2.05) is 54.6 Å². The Kier molecular flexibility index (Phi) is 3.80. The zero-order chi connectivity index (χ0) is 11.9. The van der Waals surface area contributed by atoms with Gasteiger partial charge in [0.15, 0.2) is 0 Å². The fourth-order valence-corrected chi connectivity index (χ4v) is 1.47. The van der Waals surface area contributed by atoms with E-state index >= 15 is 0 Å². The normalized spacial score (nSPS) is 9.24. The van der Waals surface area contributed by atoms with Gasteiger partial charge >= 0.3 is 0 Å². The first kappa shape index (κ1) is 11.3. The molecule has 0 bridgehead atoms. The first-order valence-electron chi connectivity index (χ1n) is 5.40. The van der Waals surface area contributed by atoms with Crippen molar-refractivity contribution in [3.8, 4) is 11.8 Å². The van der Waals surface area contributed by atoms with Crippen LogP contribution in [0.15, 0.2) is 54.6 Å². The summed E-state index contributed by atoms with van der Waals surface area (Å²) in [6.07, 6.45) is 0. The van der Waals surface area contributed by atoms with Crippen LogP contribution in [0.4, 0.5) is 11.4 Å². The van der Waals surface area contributed by atoms with E-state index < -0.39 is 0 Å². The van der Waals surface area contributed by atoms with Crippen molar-refractivity contribution in [3.05, 3.63) is 60.2 Å². The van der Waals surface area contributed by atoms with Gasteiger partial charge in [-0.2, -0.15) is 0 Å². The molecule has 0 heterocycles. The molecule has 0 unspecified atom stereocenters. The Morgan fingerprint density at radius 2 is 1.53 bits per heavy atom. The predicted octanol–water partition coefficient (Wildman–Crippen LogP) is 2.77. The fraction of sp³-hybridized carbons (Fsp3) is 0.0667. The van der Waals surface area contributed by atoms with E-state index in [0.29, 0.717) is 0 Å². The Hall–Kier alpha value is -2.24. The topological polar surface area (TPSA) is 32.3 Å². The second-order valence-corrected chi connectivity index (χ2v) is 3.53. The SMILES string of the molecule is OCC#Cc1ccc(Nc2ccccc2)cc1. The molecule has 2 aromatic rings. The predicted molar refractivity (Wildman–Crippen MR) is 70.1 cm³/mol. The highest BCUT2D eigenvalue weighted by Gasteiger charge is 1.93. The van der Waals surface area contributed by atoms with Crippen LogP contribution in [0.2, 0.25) is 0 Å². The molecule has 0 radical (unpaired) electrons. The van der Waals surface area contributed by atoms with Crippen LogP contribution in [0.1, 0.15) is 5.56 Å². The maximum atomic E-state index is 8.59. The lowest BCUT2D eigenvalue weighted by molar-refractivity contribution is 0.350. The van der Waals surface area contributed by atoms with Crippen molar-refractivity contribution >= 4 is 11.4 Å². The van der Waals surface area contributed by atoms with Crippen LogP contribution in [0.25, 0.3) is 0 Å². The van der Waals surface area contributed by atoms with Gasteiger partial charge in [-0.3, -0.25) is 0 Å². The van der Waals surface area contributed by atoms with E-state index in [1.165, 1.54) is 0 Å². The minimum Gasteiger partial charge on any atom is -0.384 e. The van der Waals surface area contributed by atoms with Crippen LogP contribution < -0.4 is 5.32 Å². The van der Waals surface area contributed by atoms with E-state index in [2.05, 4.69) is 17.2 Å². The van der Waals surface area contributed by atoms with Gasteiger partial charge in [-0.15, -0.1) is 0 Å². The molecule has 17 heavy (non-hydrogen) atoms. The highest BCUT2D eigenvalue weighted by atomic mass is 16.2. The lowest BCUT2D eigenvalue weighted by Gasteiger charge is -2.05. The quantitative estimate of drug-likeness (QED) is 0.767. The third-order valence-electron chi connectivity index (χ3n) is 2.26. The summed E-state index contributed by atoms with van der Waals surface area (Å²) in [6.45, 7) is -0.107. The summed E-state index contributed by atoms with van der Waals surface area (Å²) >= 11 is 0. The molecule has 0 amide bonds. The minimum atomic E-state index is -0.107. The molecule has 0 spiro atoms. The number of rotatable bonds is 2. The summed E-state index contributed by atoms with van der Waals surface area (Å²) in [7, 11) is 0. The minimum absolute atomic E-state index is 0.107. The first-order valence-corrected chi connectivity index (χ1v) is 5.40. The van der Waals surface area contributed by atoms with Crippen molar-refractivity contribution in [2.24, 2.45) is 0 Å². The summed E-state index contributed by atoms with van der Waals surface area (Å²) < 4.78 is 0. The Morgan fingerprint density at radius 1 is 0.882 bits per heavy atom. The average Bonchev–Trinajstić information content (AvgIpc) is 2.39. The molecule has 0 atom stereocenters. The van der Waals surface area contributed by atoms with Gasteiger partial charge in [0, 0.05) is 16.9 Å². The van der Waals surface area contributed by atoms with Gasteiger partial charge in [0.05, 0.1) is 0 Å². The molecule has 0 aliphatic carbocycles. The van der Waals surface area contributed by atoms with Crippen LogP contribution >= 0.6 is 0 Å². The Balaban J connectivity index is 2.08. The van der Waals surface area contributed by atoms with E-state index in [-0.39, 0.29) is 6.61 Å². The summed E-state index contributed by atoms with van der Waals surface area (Å²) in [5.41, 5.74) is 2.98. The number of anilines is 2. The van der Waals surface area contributed by atoms with Crippen molar-refractivity contribution < 1.29 is 5.11 Å². The molecule has 0 saturated heterocycles. The van der Waals surface area contributed by atoms with Gasteiger partial charge in [-0.25, -0.2) is 0 Å². The molecule has 2 rings (SSSR count). The Morgan fingerprint density at radius 3 is 2.18 bits per heavy atom. The van der Waals surface area contributed by atoms with E-state index in [4.69, 9.17) is 5.11 Å². The van der Waals surface area contributed by atoms with Gasteiger partial charge in [0.2, 0.25) is 0 Å². The fourth-order valence-electron chi connectivity index (χ4n) is 1.47. The molecule has 2 nitrogen and oxygen atoms in total. The van der Waals surface area contributed by atoms with Crippen LogP contribution in [0.3, 0.4) is 0 Å². The molecule has 0 aliphatic rings. The number of aliphatic hydroxyl groups excluding tert-OH is 1. The number of nitrogens with one attached hydrogen (secondary N) is 1. The highest BCUT2D eigenvalue weighted by Crippen LogP contribution is 2.16. The maximum Gasteiger partial charge on any atom is 0.104 e. The standard InChI is InChI=1S/C15H13NO/c17-12-4-5-13-8-10-15(11-9-13)16-14-6-2-1-3-7-14/h1-3,6-11,16-17H,12H2. The molecule has 2 aromatic carbocycles. The van der Waals surface area contributed by atoms with Crippen LogP contribution in [-0.4, -0.2) is 11.7 Å². The number of para-hydroxylation sites is 1. The maximum absolute atomic E-state index is 8.59. The number of benzene rings is 2. The molecule has 2 N–H and O–H groups in total. The van der Waals surface area contributed by atoms with E-state index in [1.54, 1.807) is 0 Å².